The summed E-state index contributed by atoms with van der Waals surface area (Å²) in [5.74, 6) is 0. The number of halogens is 6. The van der Waals surface area contributed by atoms with Gasteiger partial charge >= 0.3 is 12.4 Å². The second-order valence-electron chi connectivity index (χ2n) is 5.58. The van der Waals surface area contributed by atoms with Crippen LogP contribution in [0.4, 0.5) is 26.3 Å². The van der Waals surface area contributed by atoms with Gasteiger partial charge in [-0.3, -0.25) is 4.90 Å². The summed E-state index contributed by atoms with van der Waals surface area (Å²) in [7, 11) is 0. The molecule has 19 heavy (non-hydrogen) atoms. The van der Waals surface area contributed by atoms with E-state index in [1.54, 1.807) is 0 Å². The number of rotatable bonds is 3. The van der Waals surface area contributed by atoms with Crippen molar-refractivity contribution < 1.29 is 26.3 Å². The molecule has 0 atom stereocenters. The Kier molecular flexibility index (Phi) is 4.80. The van der Waals surface area contributed by atoms with Gasteiger partial charge in [0.1, 0.15) is 0 Å². The third-order valence-corrected chi connectivity index (χ3v) is 3.84. The average Bonchev–Trinajstić information content (AvgIpc) is 2.18. The normalized spacial score (nSPS) is 21.9. The molecule has 0 radical (unpaired) electrons. The first-order valence-corrected chi connectivity index (χ1v) is 6.37. The first-order chi connectivity index (χ1) is 8.49. The van der Waals surface area contributed by atoms with E-state index in [9.17, 15) is 26.3 Å². The quantitative estimate of drug-likeness (QED) is 0.697. The zero-order chi connectivity index (χ0) is 14.9. The molecule has 114 valence electrons. The topological polar surface area (TPSA) is 3.24 Å². The lowest BCUT2D eigenvalue weighted by Crippen LogP contribution is -2.57. The van der Waals surface area contributed by atoms with E-state index in [0.29, 0.717) is 17.7 Å². The fourth-order valence-corrected chi connectivity index (χ4v) is 2.78. The third kappa shape index (κ3) is 4.26. The van der Waals surface area contributed by atoms with Crippen molar-refractivity contribution in [1.82, 2.24) is 4.90 Å². The fraction of sp³-hybridized carbons (Fsp3) is 1.00. The molecule has 0 N–H and O–H groups in total. The van der Waals surface area contributed by atoms with Crippen molar-refractivity contribution in [1.29, 1.82) is 0 Å². The van der Waals surface area contributed by atoms with Gasteiger partial charge in [-0.05, 0) is 37.8 Å². The minimum Gasteiger partial charge on any atom is -0.285 e. The minimum atomic E-state index is -5.27. The van der Waals surface area contributed by atoms with E-state index in [1.165, 1.54) is 0 Å². The van der Waals surface area contributed by atoms with Crippen LogP contribution in [0.3, 0.4) is 0 Å². The van der Waals surface area contributed by atoms with Gasteiger partial charge in [-0.2, -0.15) is 26.3 Å². The molecule has 0 saturated carbocycles. The number of likely N-dealkylation sites (tertiary alicyclic amines) is 1. The molecule has 1 nitrogen and oxygen atoms in total. The van der Waals surface area contributed by atoms with E-state index < -0.39 is 18.4 Å². The smallest absolute Gasteiger partial charge is 0.285 e. The highest BCUT2D eigenvalue weighted by molar-refractivity contribution is 4.91. The van der Waals surface area contributed by atoms with Crippen LogP contribution in [-0.2, 0) is 0 Å². The number of hydrogen-bond donors (Lipinski definition) is 0. The van der Waals surface area contributed by atoms with E-state index in [-0.39, 0.29) is 18.5 Å². The maximum absolute atomic E-state index is 12.6. The van der Waals surface area contributed by atoms with E-state index in [2.05, 4.69) is 0 Å². The first kappa shape index (κ1) is 16.6. The summed E-state index contributed by atoms with van der Waals surface area (Å²) in [6, 6.07) is -3.33. The minimum absolute atomic E-state index is 0.132. The van der Waals surface area contributed by atoms with Crippen LogP contribution in [0, 0.1) is 5.41 Å². The maximum atomic E-state index is 12.6. The Balaban J connectivity index is 2.76. The van der Waals surface area contributed by atoms with E-state index in [1.807, 2.05) is 13.8 Å². The number of nitrogens with zero attached hydrogens (tertiary/aromatic N) is 1. The van der Waals surface area contributed by atoms with Gasteiger partial charge in [0.25, 0.3) is 0 Å². The molecular weight excluding hydrogens is 272 g/mol. The van der Waals surface area contributed by atoms with E-state index >= 15 is 0 Å². The molecule has 1 rings (SSSR count). The van der Waals surface area contributed by atoms with Crippen molar-refractivity contribution in [2.24, 2.45) is 5.41 Å². The molecular formula is C12H19F6N. The van der Waals surface area contributed by atoms with Gasteiger partial charge in [0, 0.05) is 0 Å². The van der Waals surface area contributed by atoms with Crippen molar-refractivity contribution in [3.05, 3.63) is 0 Å². The average molecular weight is 291 g/mol. The van der Waals surface area contributed by atoms with Crippen LogP contribution in [-0.4, -0.2) is 36.4 Å². The highest BCUT2D eigenvalue weighted by atomic mass is 19.4. The molecule has 0 aromatic carbocycles. The number of hydrogen-bond acceptors (Lipinski definition) is 1. The van der Waals surface area contributed by atoms with Crippen LogP contribution in [0.15, 0.2) is 0 Å². The summed E-state index contributed by atoms with van der Waals surface area (Å²) >= 11 is 0. The predicted molar refractivity (Wildman–Crippen MR) is 59.7 cm³/mol. The van der Waals surface area contributed by atoms with Crippen LogP contribution < -0.4 is 0 Å². The van der Waals surface area contributed by atoms with Gasteiger partial charge in [0.05, 0.1) is 0 Å². The highest BCUT2D eigenvalue weighted by Crippen LogP contribution is 2.42. The van der Waals surface area contributed by atoms with Crippen molar-refractivity contribution in [2.75, 3.05) is 13.1 Å². The molecule has 0 bridgehead atoms. The molecule has 0 amide bonds. The van der Waals surface area contributed by atoms with E-state index in [4.69, 9.17) is 0 Å². The predicted octanol–water partition coefficient (Wildman–Crippen LogP) is 4.38. The van der Waals surface area contributed by atoms with Crippen molar-refractivity contribution in [3.8, 4) is 0 Å². The van der Waals surface area contributed by atoms with Gasteiger partial charge < -0.3 is 0 Å². The van der Waals surface area contributed by atoms with Crippen LogP contribution >= 0.6 is 0 Å². The highest BCUT2D eigenvalue weighted by Gasteiger charge is 2.60. The van der Waals surface area contributed by atoms with Gasteiger partial charge in [0.15, 0.2) is 0 Å². The van der Waals surface area contributed by atoms with Crippen LogP contribution in [0.25, 0.3) is 0 Å². The Morgan fingerprint density at radius 2 is 1.42 bits per heavy atom. The second kappa shape index (κ2) is 5.50. The largest absolute Gasteiger partial charge is 0.412 e. The Morgan fingerprint density at radius 3 is 1.74 bits per heavy atom. The SMILES string of the molecule is CCCC1(C)CCN(C(C(F)(F)F)C(F)(F)F)CC1. The monoisotopic (exact) mass is 291 g/mol. The Labute approximate surface area is 109 Å². The molecule has 1 fully saturated rings. The third-order valence-electron chi connectivity index (χ3n) is 3.84. The van der Waals surface area contributed by atoms with Crippen molar-refractivity contribution >= 4 is 0 Å². The summed E-state index contributed by atoms with van der Waals surface area (Å²) in [4.78, 5) is 0.525. The summed E-state index contributed by atoms with van der Waals surface area (Å²) < 4.78 is 75.5. The summed E-state index contributed by atoms with van der Waals surface area (Å²) in [6.45, 7) is 3.59. The lowest BCUT2D eigenvalue weighted by molar-refractivity contribution is -0.290. The summed E-state index contributed by atoms with van der Waals surface area (Å²) in [5, 5.41) is 0. The standard InChI is InChI=1S/C12H19F6N/c1-3-4-10(2)5-7-19(8-6-10)9(11(13,14)15)12(16,17)18/h9H,3-8H2,1-2H3. The molecule has 0 spiro atoms. The number of piperidine rings is 1. The van der Waals surface area contributed by atoms with Gasteiger partial charge in [0.2, 0.25) is 6.04 Å². The van der Waals surface area contributed by atoms with Crippen molar-refractivity contribution in [2.45, 2.75) is 57.9 Å². The fourth-order valence-electron chi connectivity index (χ4n) is 2.78. The molecule has 0 aromatic heterocycles. The second-order valence-corrected chi connectivity index (χ2v) is 5.58. The molecule has 1 saturated heterocycles. The van der Waals surface area contributed by atoms with Crippen LogP contribution in [0.5, 0.6) is 0 Å². The molecule has 1 aliphatic rings. The lowest BCUT2D eigenvalue weighted by atomic mass is 9.76. The molecule has 1 aliphatic heterocycles. The Bertz CT molecular complexity index is 274. The zero-order valence-electron chi connectivity index (χ0n) is 11.0. The first-order valence-electron chi connectivity index (χ1n) is 6.37. The lowest BCUT2D eigenvalue weighted by Gasteiger charge is -2.43. The van der Waals surface area contributed by atoms with Gasteiger partial charge in [-0.25, -0.2) is 0 Å². The Hall–Kier alpha value is -0.460. The van der Waals surface area contributed by atoms with E-state index in [0.717, 1.165) is 12.8 Å². The summed E-state index contributed by atoms with van der Waals surface area (Å²) in [6.07, 6.45) is -8.05. The maximum Gasteiger partial charge on any atom is 0.412 e. The van der Waals surface area contributed by atoms with Gasteiger partial charge in [-0.1, -0.05) is 20.3 Å². The van der Waals surface area contributed by atoms with Crippen molar-refractivity contribution in [3.63, 3.8) is 0 Å². The molecule has 7 heteroatoms. The van der Waals surface area contributed by atoms with Crippen LogP contribution in [0.2, 0.25) is 0 Å². The molecule has 1 heterocycles. The number of alkyl halides is 6. The summed E-state index contributed by atoms with van der Waals surface area (Å²) in [5.41, 5.74) is -0.132. The zero-order valence-corrected chi connectivity index (χ0v) is 11.0. The van der Waals surface area contributed by atoms with Crippen LogP contribution in [0.1, 0.15) is 39.5 Å². The molecule has 0 unspecified atom stereocenters. The molecule has 0 aliphatic carbocycles. The van der Waals surface area contributed by atoms with Gasteiger partial charge in [-0.15, -0.1) is 0 Å². The Morgan fingerprint density at radius 1 is 1.00 bits per heavy atom. The molecule has 0 aromatic rings.